The molecular formula is C14H24N2O3. The van der Waals surface area contributed by atoms with Crippen LogP contribution in [0.5, 0.6) is 0 Å². The van der Waals surface area contributed by atoms with Crippen molar-refractivity contribution in [3.05, 3.63) is 0 Å². The van der Waals surface area contributed by atoms with Gasteiger partial charge in [-0.3, -0.25) is 0 Å². The topological polar surface area (TPSA) is 69.6 Å². The minimum absolute atomic E-state index is 0.159. The molecule has 0 aromatic heterocycles. The molecule has 0 spiro atoms. The van der Waals surface area contributed by atoms with Gasteiger partial charge in [-0.2, -0.15) is 0 Å². The van der Waals surface area contributed by atoms with Crippen LogP contribution < -0.4 is 5.32 Å². The van der Waals surface area contributed by atoms with E-state index in [2.05, 4.69) is 12.2 Å². The molecule has 0 bridgehead atoms. The summed E-state index contributed by atoms with van der Waals surface area (Å²) in [5.41, 5.74) is -1.22. The van der Waals surface area contributed by atoms with Crippen LogP contribution in [0.15, 0.2) is 0 Å². The third kappa shape index (κ3) is 2.69. The van der Waals surface area contributed by atoms with Crippen molar-refractivity contribution in [1.82, 2.24) is 10.2 Å². The highest BCUT2D eigenvalue weighted by Crippen LogP contribution is 2.32. The van der Waals surface area contributed by atoms with Crippen LogP contribution in [-0.4, -0.2) is 39.6 Å². The van der Waals surface area contributed by atoms with Gasteiger partial charge in [0.15, 0.2) is 0 Å². The Morgan fingerprint density at radius 1 is 1.05 bits per heavy atom. The van der Waals surface area contributed by atoms with Crippen LogP contribution in [0.4, 0.5) is 4.79 Å². The van der Waals surface area contributed by atoms with Gasteiger partial charge in [-0.25, -0.2) is 9.59 Å². The standard InChI is InChI=1S/C14H24N2O3/c1-13(7-3-4-8-13)15-12(19)16-10-6-5-9-14(16,2)11(17)18/h3-10H2,1-2H3,(H,15,19)(H,17,18). The number of amides is 2. The van der Waals surface area contributed by atoms with Crippen LogP contribution in [0.25, 0.3) is 0 Å². The highest BCUT2D eigenvalue weighted by molar-refractivity contribution is 5.86. The molecule has 19 heavy (non-hydrogen) atoms. The highest BCUT2D eigenvalue weighted by Gasteiger charge is 2.45. The van der Waals surface area contributed by atoms with E-state index in [1.165, 1.54) is 4.90 Å². The van der Waals surface area contributed by atoms with Gasteiger partial charge in [0.2, 0.25) is 0 Å². The predicted octanol–water partition coefficient (Wildman–Crippen LogP) is 2.36. The Kier molecular flexibility index (Phi) is 3.74. The van der Waals surface area contributed by atoms with Crippen LogP contribution >= 0.6 is 0 Å². The van der Waals surface area contributed by atoms with Gasteiger partial charge in [0, 0.05) is 12.1 Å². The molecule has 2 amide bonds. The summed E-state index contributed by atoms with van der Waals surface area (Å²) in [6, 6.07) is -0.214. The van der Waals surface area contributed by atoms with Crippen LogP contribution in [0, 0.1) is 0 Å². The Balaban J connectivity index is 2.09. The summed E-state index contributed by atoms with van der Waals surface area (Å²) in [5, 5.41) is 12.5. The number of urea groups is 1. The molecule has 108 valence electrons. The molecule has 1 unspecified atom stereocenters. The van der Waals surface area contributed by atoms with Crippen molar-refractivity contribution in [3.8, 4) is 0 Å². The van der Waals surface area contributed by atoms with Gasteiger partial charge in [-0.15, -0.1) is 0 Å². The van der Waals surface area contributed by atoms with Gasteiger partial charge in [0.05, 0.1) is 0 Å². The molecule has 5 nitrogen and oxygen atoms in total. The zero-order valence-corrected chi connectivity index (χ0v) is 11.9. The van der Waals surface area contributed by atoms with Crippen molar-refractivity contribution in [2.75, 3.05) is 6.54 Å². The second-order valence-corrected chi connectivity index (χ2v) is 6.39. The van der Waals surface area contributed by atoms with E-state index < -0.39 is 11.5 Å². The first-order chi connectivity index (χ1) is 8.87. The molecule has 1 heterocycles. The van der Waals surface area contributed by atoms with E-state index in [-0.39, 0.29) is 11.6 Å². The summed E-state index contributed by atoms with van der Waals surface area (Å²) in [5.74, 6) is -0.904. The monoisotopic (exact) mass is 268 g/mol. The van der Waals surface area contributed by atoms with E-state index in [0.29, 0.717) is 13.0 Å². The Bertz CT molecular complexity index is 377. The molecule has 5 heteroatoms. The maximum atomic E-state index is 12.4. The second kappa shape index (κ2) is 5.02. The zero-order valence-electron chi connectivity index (χ0n) is 11.9. The fourth-order valence-corrected chi connectivity index (χ4v) is 3.27. The quantitative estimate of drug-likeness (QED) is 0.807. The Hall–Kier alpha value is -1.26. The molecule has 2 aliphatic rings. The molecule has 1 saturated carbocycles. The SMILES string of the molecule is CC1(NC(=O)N2CCCCC2(C)C(=O)O)CCCC1. The van der Waals surface area contributed by atoms with Gasteiger partial charge >= 0.3 is 12.0 Å². The number of nitrogens with one attached hydrogen (secondary N) is 1. The minimum Gasteiger partial charge on any atom is -0.480 e. The first-order valence-electron chi connectivity index (χ1n) is 7.21. The van der Waals surface area contributed by atoms with Crippen molar-refractivity contribution in [2.24, 2.45) is 0 Å². The minimum atomic E-state index is -1.06. The average molecular weight is 268 g/mol. The smallest absolute Gasteiger partial charge is 0.329 e. The number of carbonyl (C=O) groups excluding carboxylic acids is 1. The predicted molar refractivity (Wildman–Crippen MR) is 72.0 cm³/mol. The van der Waals surface area contributed by atoms with E-state index in [1.54, 1.807) is 6.92 Å². The lowest BCUT2D eigenvalue weighted by Gasteiger charge is -2.43. The molecule has 2 rings (SSSR count). The molecule has 2 fully saturated rings. The number of hydrogen-bond donors (Lipinski definition) is 2. The van der Waals surface area contributed by atoms with E-state index >= 15 is 0 Å². The molecule has 0 aromatic carbocycles. The number of rotatable bonds is 2. The summed E-state index contributed by atoms with van der Waals surface area (Å²) in [4.78, 5) is 25.4. The number of carbonyl (C=O) groups is 2. The van der Waals surface area contributed by atoms with Crippen molar-refractivity contribution in [3.63, 3.8) is 0 Å². The molecule has 0 radical (unpaired) electrons. The molecule has 2 N–H and O–H groups in total. The zero-order chi connectivity index (χ0) is 14.1. The molecule has 0 aromatic rings. The largest absolute Gasteiger partial charge is 0.480 e. The van der Waals surface area contributed by atoms with Gasteiger partial charge in [0.1, 0.15) is 5.54 Å². The summed E-state index contributed by atoms with van der Waals surface area (Å²) < 4.78 is 0. The van der Waals surface area contributed by atoms with Gasteiger partial charge in [-0.1, -0.05) is 12.8 Å². The Labute approximate surface area is 114 Å². The number of carboxylic acids is 1. The lowest BCUT2D eigenvalue weighted by molar-refractivity contribution is -0.150. The van der Waals surface area contributed by atoms with Crippen molar-refractivity contribution in [1.29, 1.82) is 0 Å². The van der Waals surface area contributed by atoms with Gasteiger partial charge in [0.25, 0.3) is 0 Å². The van der Waals surface area contributed by atoms with E-state index in [0.717, 1.165) is 38.5 Å². The summed E-state index contributed by atoms with van der Waals surface area (Å²) in [7, 11) is 0. The van der Waals surface area contributed by atoms with E-state index in [4.69, 9.17) is 0 Å². The molecular weight excluding hydrogens is 244 g/mol. The van der Waals surface area contributed by atoms with E-state index in [1.807, 2.05) is 0 Å². The van der Waals surface area contributed by atoms with Crippen LogP contribution in [0.3, 0.4) is 0 Å². The Morgan fingerprint density at radius 2 is 1.63 bits per heavy atom. The molecule has 1 atom stereocenters. The molecule has 1 aliphatic carbocycles. The second-order valence-electron chi connectivity index (χ2n) is 6.39. The third-order valence-corrected chi connectivity index (χ3v) is 4.71. The first-order valence-corrected chi connectivity index (χ1v) is 7.21. The number of aliphatic carboxylic acids is 1. The maximum absolute atomic E-state index is 12.4. The summed E-state index contributed by atoms with van der Waals surface area (Å²) in [6.45, 7) is 4.25. The number of likely N-dealkylation sites (tertiary alicyclic amines) is 1. The molecule has 1 aliphatic heterocycles. The summed E-state index contributed by atoms with van der Waals surface area (Å²) in [6.07, 6.45) is 6.51. The van der Waals surface area contributed by atoms with Crippen LogP contribution in [-0.2, 0) is 4.79 Å². The lowest BCUT2D eigenvalue weighted by atomic mass is 9.88. The lowest BCUT2D eigenvalue weighted by Crippen LogP contribution is -2.62. The van der Waals surface area contributed by atoms with Gasteiger partial charge < -0.3 is 15.3 Å². The van der Waals surface area contributed by atoms with Crippen LogP contribution in [0.1, 0.15) is 58.8 Å². The van der Waals surface area contributed by atoms with Crippen LogP contribution in [0.2, 0.25) is 0 Å². The van der Waals surface area contributed by atoms with Crippen molar-refractivity contribution in [2.45, 2.75) is 69.9 Å². The average Bonchev–Trinajstić information content (AvgIpc) is 2.76. The van der Waals surface area contributed by atoms with Crippen molar-refractivity contribution < 1.29 is 14.7 Å². The fraction of sp³-hybridized carbons (Fsp3) is 0.857. The Morgan fingerprint density at radius 3 is 2.21 bits per heavy atom. The maximum Gasteiger partial charge on any atom is 0.329 e. The number of carboxylic acid groups (broad SMARTS) is 1. The number of nitrogens with zero attached hydrogens (tertiary/aromatic N) is 1. The fourth-order valence-electron chi connectivity index (χ4n) is 3.27. The molecule has 1 saturated heterocycles. The number of piperidine rings is 1. The highest BCUT2D eigenvalue weighted by atomic mass is 16.4. The van der Waals surface area contributed by atoms with Crippen molar-refractivity contribution >= 4 is 12.0 Å². The van der Waals surface area contributed by atoms with E-state index in [9.17, 15) is 14.7 Å². The normalized spacial score (nSPS) is 30.1. The number of hydrogen-bond acceptors (Lipinski definition) is 2. The third-order valence-electron chi connectivity index (χ3n) is 4.71. The summed E-state index contributed by atoms with van der Waals surface area (Å²) >= 11 is 0. The first kappa shape index (κ1) is 14.2. The van der Waals surface area contributed by atoms with Gasteiger partial charge in [-0.05, 0) is 46.0 Å².